The Morgan fingerprint density at radius 3 is 2.88 bits per heavy atom. The summed E-state index contributed by atoms with van der Waals surface area (Å²) in [5.41, 5.74) is 0.511. The molecule has 140 valence electrons. The van der Waals surface area contributed by atoms with Crippen LogP contribution in [0.2, 0.25) is 0 Å². The molecule has 0 spiro atoms. The van der Waals surface area contributed by atoms with Gasteiger partial charge < -0.3 is 5.32 Å². The highest BCUT2D eigenvalue weighted by atomic mass is 32.2. The Morgan fingerprint density at radius 2 is 2.23 bits per heavy atom. The third-order valence-corrected chi connectivity index (χ3v) is 7.66. The van der Waals surface area contributed by atoms with E-state index in [9.17, 15) is 13.2 Å². The van der Waals surface area contributed by atoms with Crippen LogP contribution < -0.4 is 5.32 Å². The lowest BCUT2D eigenvalue weighted by atomic mass is 9.99. The van der Waals surface area contributed by atoms with E-state index in [0.717, 1.165) is 22.6 Å². The number of thiophene rings is 1. The molecule has 1 aliphatic heterocycles. The van der Waals surface area contributed by atoms with Crippen molar-refractivity contribution in [2.75, 3.05) is 19.6 Å². The van der Waals surface area contributed by atoms with Crippen molar-refractivity contribution < 1.29 is 13.2 Å². The van der Waals surface area contributed by atoms with E-state index in [0.29, 0.717) is 30.1 Å². The van der Waals surface area contributed by atoms with Crippen molar-refractivity contribution in [3.8, 4) is 0 Å². The standard InChI is InChI=1S/C18H23N3O3S2/c1-13-9-17(14(2)25-13)26(23,24)21-8-4-5-15(12-21)10-20-18(22)16-6-3-7-19-11-16/h3,6-7,9,11,15H,4-5,8,10,12H2,1-2H3,(H,20,22). The number of hydrogen-bond donors (Lipinski definition) is 1. The number of nitrogens with zero attached hydrogens (tertiary/aromatic N) is 2. The lowest BCUT2D eigenvalue weighted by molar-refractivity contribution is 0.0941. The lowest BCUT2D eigenvalue weighted by Crippen LogP contribution is -2.43. The van der Waals surface area contributed by atoms with Gasteiger partial charge in [0.1, 0.15) is 0 Å². The molecular formula is C18H23N3O3S2. The third kappa shape index (κ3) is 4.13. The maximum Gasteiger partial charge on any atom is 0.252 e. The van der Waals surface area contributed by atoms with E-state index in [-0.39, 0.29) is 11.8 Å². The Bertz CT molecular complexity index is 878. The highest BCUT2D eigenvalue weighted by Crippen LogP contribution is 2.30. The van der Waals surface area contributed by atoms with Gasteiger partial charge in [0.25, 0.3) is 5.91 Å². The summed E-state index contributed by atoms with van der Waals surface area (Å²) in [4.78, 5) is 18.3. The summed E-state index contributed by atoms with van der Waals surface area (Å²) in [5.74, 6) is -0.0680. The van der Waals surface area contributed by atoms with Crippen LogP contribution in [0.5, 0.6) is 0 Å². The molecule has 1 N–H and O–H groups in total. The summed E-state index contributed by atoms with van der Waals surface area (Å²) in [5, 5.41) is 2.90. The molecule has 0 aromatic carbocycles. The third-order valence-electron chi connectivity index (χ3n) is 4.57. The normalized spacial score (nSPS) is 18.6. The van der Waals surface area contributed by atoms with Gasteiger partial charge in [-0.05, 0) is 50.8 Å². The van der Waals surface area contributed by atoms with Gasteiger partial charge in [-0.2, -0.15) is 4.31 Å². The van der Waals surface area contributed by atoms with E-state index in [1.54, 1.807) is 28.7 Å². The minimum absolute atomic E-state index is 0.110. The number of carbonyl (C=O) groups is 1. The average Bonchev–Trinajstić information content (AvgIpc) is 2.99. The molecule has 0 aliphatic carbocycles. The van der Waals surface area contributed by atoms with Gasteiger partial charge in [-0.3, -0.25) is 9.78 Å². The van der Waals surface area contributed by atoms with Crippen LogP contribution in [0.4, 0.5) is 0 Å². The van der Waals surface area contributed by atoms with Crippen LogP contribution >= 0.6 is 11.3 Å². The molecular weight excluding hydrogens is 370 g/mol. The number of hydrogen-bond acceptors (Lipinski definition) is 5. The summed E-state index contributed by atoms with van der Waals surface area (Å²) in [6, 6.07) is 5.18. The number of pyridine rings is 1. The van der Waals surface area contributed by atoms with Crippen LogP contribution in [-0.2, 0) is 10.0 Å². The zero-order valence-electron chi connectivity index (χ0n) is 14.9. The van der Waals surface area contributed by atoms with Crippen LogP contribution in [0.3, 0.4) is 0 Å². The van der Waals surface area contributed by atoms with E-state index < -0.39 is 10.0 Å². The molecule has 8 heteroatoms. The molecule has 0 saturated carbocycles. The minimum Gasteiger partial charge on any atom is -0.352 e. The molecule has 2 aromatic rings. The molecule has 3 heterocycles. The number of nitrogens with one attached hydrogen (secondary N) is 1. The highest BCUT2D eigenvalue weighted by molar-refractivity contribution is 7.89. The first-order valence-electron chi connectivity index (χ1n) is 8.63. The van der Waals surface area contributed by atoms with Crippen molar-refractivity contribution in [3.63, 3.8) is 0 Å². The van der Waals surface area contributed by atoms with Crippen LogP contribution in [0, 0.1) is 19.8 Å². The summed E-state index contributed by atoms with van der Waals surface area (Å²) in [6.07, 6.45) is 4.85. The van der Waals surface area contributed by atoms with Crippen LogP contribution in [0.15, 0.2) is 35.5 Å². The van der Waals surface area contributed by atoms with Gasteiger partial charge in [0.05, 0.1) is 10.5 Å². The summed E-state index contributed by atoms with van der Waals surface area (Å²) < 4.78 is 27.5. The topological polar surface area (TPSA) is 79.4 Å². The molecule has 0 bridgehead atoms. The number of carbonyl (C=O) groups excluding carboxylic acids is 1. The van der Waals surface area contributed by atoms with Gasteiger partial charge in [0, 0.05) is 41.8 Å². The highest BCUT2D eigenvalue weighted by Gasteiger charge is 2.32. The SMILES string of the molecule is Cc1cc(S(=O)(=O)N2CCCC(CNC(=O)c3cccnc3)C2)c(C)s1. The second-order valence-electron chi connectivity index (χ2n) is 6.60. The van der Waals surface area contributed by atoms with Gasteiger partial charge in [-0.1, -0.05) is 0 Å². The van der Waals surface area contributed by atoms with Gasteiger partial charge in [-0.25, -0.2) is 8.42 Å². The second kappa shape index (κ2) is 7.85. The fourth-order valence-corrected chi connectivity index (χ4v) is 6.33. The molecule has 26 heavy (non-hydrogen) atoms. The predicted molar refractivity (Wildman–Crippen MR) is 102 cm³/mol. The number of aromatic nitrogens is 1. The summed E-state index contributed by atoms with van der Waals surface area (Å²) in [7, 11) is -3.47. The summed E-state index contributed by atoms with van der Waals surface area (Å²) in [6.45, 7) is 5.19. The molecule has 3 rings (SSSR count). The van der Waals surface area contributed by atoms with Crippen LogP contribution in [0.25, 0.3) is 0 Å². The largest absolute Gasteiger partial charge is 0.352 e. The van der Waals surface area contributed by atoms with Crippen molar-refractivity contribution in [2.24, 2.45) is 5.92 Å². The van der Waals surface area contributed by atoms with Crippen molar-refractivity contribution in [1.82, 2.24) is 14.6 Å². The van der Waals surface area contributed by atoms with Gasteiger partial charge >= 0.3 is 0 Å². The predicted octanol–water partition coefficient (Wildman–Crippen LogP) is 2.59. The quantitative estimate of drug-likeness (QED) is 0.847. The van der Waals surface area contributed by atoms with E-state index in [4.69, 9.17) is 0 Å². The lowest BCUT2D eigenvalue weighted by Gasteiger charge is -2.32. The average molecular weight is 394 g/mol. The number of rotatable bonds is 5. The Morgan fingerprint density at radius 1 is 1.42 bits per heavy atom. The molecule has 1 fully saturated rings. The van der Waals surface area contributed by atoms with Crippen molar-refractivity contribution in [1.29, 1.82) is 0 Å². The second-order valence-corrected chi connectivity index (χ2v) is 9.97. The zero-order valence-corrected chi connectivity index (χ0v) is 16.6. The Kier molecular flexibility index (Phi) is 5.74. The van der Waals surface area contributed by atoms with E-state index in [2.05, 4.69) is 10.3 Å². The first-order chi connectivity index (χ1) is 12.4. The Balaban J connectivity index is 1.64. The minimum atomic E-state index is -3.47. The molecule has 1 amide bonds. The van der Waals surface area contributed by atoms with Crippen molar-refractivity contribution in [3.05, 3.63) is 45.9 Å². The fraction of sp³-hybridized carbons (Fsp3) is 0.444. The molecule has 1 atom stereocenters. The molecule has 1 saturated heterocycles. The first-order valence-corrected chi connectivity index (χ1v) is 10.9. The molecule has 1 aliphatic rings. The van der Waals surface area contributed by atoms with E-state index in [1.807, 2.05) is 13.8 Å². The maximum atomic E-state index is 13.0. The smallest absolute Gasteiger partial charge is 0.252 e. The number of aryl methyl sites for hydroxylation is 2. The molecule has 2 aromatic heterocycles. The fourth-order valence-electron chi connectivity index (χ4n) is 3.25. The monoisotopic (exact) mass is 393 g/mol. The van der Waals surface area contributed by atoms with Gasteiger partial charge in [-0.15, -0.1) is 11.3 Å². The van der Waals surface area contributed by atoms with Crippen molar-refractivity contribution in [2.45, 2.75) is 31.6 Å². The first kappa shape index (κ1) is 19.0. The van der Waals surface area contributed by atoms with Gasteiger partial charge in [0.2, 0.25) is 10.0 Å². The number of piperidine rings is 1. The summed E-state index contributed by atoms with van der Waals surface area (Å²) >= 11 is 1.50. The zero-order chi connectivity index (χ0) is 18.7. The van der Waals surface area contributed by atoms with Gasteiger partial charge in [0.15, 0.2) is 0 Å². The van der Waals surface area contributed by atoms with Crippen LogP contribution in [-0.4, -0.2) is 43.2 Å². The molecule has 1 unspecified atom stereocenters. The number of sulfonamides is 1. The van der Waals surface area contributed by atoms with E-state index >= 15 is 0 Å². The Labute approximate surface area is 158 Å². The molecule has 0 radical (unpaired) electrons. The van der Waals surface area contributed by atoms with Crippen molar-refractivity contribution >= 4 is 27.3 Å². The van der Waals surface area contributed by atoms with E-state index in [1.165, 1.54) is 17.5 Å². The number of amides is 1. The Hall–Kier alpha value is -1.77. The maximum absolute atomic E-state index is 13.0. The van der Waals surface area contributed by atoms with Crippen LogP contribution in [0.1, 0.15) is 33.0 Å². The molecule has 6 nitrogen and oxygen atoms in total.